The van der Waals surface area contributed by atoms with Gasteiger partial charge in [-0.25, -0.2) is 5.21 Å². The average molecular weight is 156 g/mol. The van der Waals surface area contributed by atoms with Crippen molar-refractivity contribution in [3.63, 3.8) is 0 Å². The summed E-state index contributed by atoms with van der Waals surface area (Å²) < 4.78 is 0.297. The number of quaternary nitrogens is 1. The third-order valence-corrected chi connectivity index (χ3v) is 3.57. The minimum absolute atomic E-state index is 0.297. The molecule has 1 saturated carbocycles. The van der Waals surface area contributed by atoms with E-state index in [2.05, 4.69) is 6.92 Å². The van der Waals surface area contributed by atoms with Crippen LogP contribution in [0.25, 0.3) is 0 Å². The monoisotopic (exact) mass is 156 g/mol. The van der Waals surface area contributed by atoms with Crippen LogP contribution in [0.1, 0.15) is 26.2 Å². The molecule has 2 bridgehead atoms. The van der Waals surface area contributed by atoms with E-state index in [0.717, 1.165) is 18.4 Å². The van der Waals surface area contributed by atoms with E-state index in [9.17, 15) is 5.21 Å². The number of hydroxylamine groups is 3. The van der Waals surface area contributed by atoms with Crippen LogP contribution in [0, 0.1) is 11.8 Å². The second kappa shape index (κ2) is 2.20. The largest absolute Gasteiger partial charge is 0.217 e. The molecule has 11 heavy (non-hydrogen) atoms. The first-order valence-corrected chi connectivity index (χ1v) is 4.67. The summed E-state index contributed by atoms with van der Waals surface area (Å²) in [5.74, 6) is 1.53. The van der Waals surface area contributed by atoms with Crippen molar-refractivity contribution in [1.29, 1.82) is 0 Å². The summed E-state index contributed by atoms with van der Waals surface area (Å²) in [6.07, 6.45) is 3.93. The Hall–Kier alpha value is -0.0800. The van der Waals surface area contributed by atoms with Crippen molar-refractivity contribution >= 4 is 0 Å². The average Bonchev–Trinajstić information content (AvgIpc) is 1.83. The molecule has 3 fully saturated rings. The van der Waals surface area contributed by atoms with Crippen LogP contribution >= 0.6 is 0 Å². The van der Waals surface area contributed by atoms with Crippen LogP contribution in [0.5, 0.6) is 0 Å². The predicted octanol–water partition coefficient (Wildman–Crippen LogP) is 1.64. The first-order valence-electron chi connectivity index (χ1n) is 4.67. The first kappa shape index (κ1) is 7.56. The molecule has 3 aliphatic rings. The SMILES string of the molecule is CC1CC2CCC1[N+](C)(O)C2. The van der Waals surface area contributed by atoms with Crippen LogP contribution in [0.2, 0.25) is 0 Å². The molecular weight excluding hydrogens is 138 g/mol. The molecule has 4 unspecified atom stereocenters. The lowest BCUT2D eigenvalue weighted by molar-refractivity contribution is -1.12. The van der Waals surface area contributed by atoms with Gasteiger partial charge in [-0.3, -0.25) is 0 Å². The summed E-state index contributed by atoms with van der Waals surface area (Å²) in [6, 6.07) is 0.528. The smallest absolute Gasteiger partial charge is 0.121 e. The summed E-state index contributed by atoms with van der Waals surface area (Å²) >= 11 is 0. The summed E-state index contributed by atoms with van der Waals surface area (Å²) in [6.45, 7) is 3.28. The molecule has 2 aliphatic heterocycles. The van der Waals surface area contributed by atoms with Crippen molar-refractivity contribution in [1.82, 2.24) is 0 Å². The highest BCUT2D eigenvalue weighted by molar-refractivity contribution is 4.82. The van der Waals surface area contributed by atoms with E-state index >= 15 is 0 Å². The van der Waals surface area contributed by atoms with Crippen LogP contribution in [0.15, 0.2) is 0 Å². The minimum atomic E-state index is 0.297. The van der Waals surface area contributed by atoms with Gasteiger partial charge in [0.25, 0.3) is 0 Å². The molecule has 1 N–H and O–H groups in total. The Morgan fingerprint density at radius 1 is 1.36 bits per heavy atom. The Morgan fingerprint density at radius 3 is 2.45 bits per heavy atom. The summed E-state index contributed by atoms with van der Waals surface area (Å²) in [5, 5.41) is 9.97. The molecule has 0 amide bonds. The first-order chi connectivity index (χ1) is 5.09. The van der Waals surface area contributed by atoms with Gasteiger partial charge in [0.05, 0.1) is 7.05 Å². The Labute approximate surface area is 68.4 Å². The third-order valence-electron chi connectivity index (χ3n) is 3.57. The number of nitrogens with zero attached hydrogens (tertiary/aromatic N) is 1. The highest BCUT2D eigenvalue weighted by Gasteiger charge is 2.48. The Bertz CT molecular complexity index is 167. The van der Waals surface area contributed by atoms with Gasteiger partial charge in [0.15, 0.2) is 0 Å². The molecule has 3 rings (SSSR count). The lowest BCUT2D eigenvalue weighted by atomic mass is 9.73. The quantitative estimate of drug-likeness (QED) is 0.529. The second-order valence-corrected chi connectivity index (χ2v) is 4.62. The standard InChI is InChI=1S/C9H18NO/c1-7-5-8-3-4-9(7)10(2,11)6-8/h7-9,11H,3-6H2,1-2H3/q+1. The highest BCUT2D eigenvalue weighted by atomic mass is 16.5. The van der Waals surface area contributed by atoms with Crippen LogP contribution in [-0.2, 0) is 0 Å². The Kier molecular flexibility index (Phi) is 1.52. The molecule has 1 aliphatic carbocycles. The maximum Gasteiger partial charge on any atom is 0.121 e. The lowest BCUT2D eigenvalue weighted by Crippen LogP contribution is -2.61. The predicted molar refractivity (Wildman–Crippen MR) is 43.1 cm³/mol. The van der Waals surface area contributed by atoms with Crippen molar-refractivity contribution in [3.8, 4) is 0 Å². The zero-order valence-corrected chi connectivity index (χ0v) is 7.45. The molecule has 0 aromatic carbocycles. The van der Waals surface area contributed by atoms with E-state index < -0.39 is 0 Å². The minimum Gasteiger partial charge on any atom is -0.217 e. The van der Waals surface area contributed by atoms with Crippen LogP contribution in [0.4, 0.5) is 0 Å². The van der Waals surface area contributed by atoms with E-state index in [4.69, 9.17) is 0 Å². The van der Waals surface area contributed by atoms with Crippen LogP contribution in [-0.4, -0.2) is 29.5 Å². The van der Waals surface area contributed by atoms with Crippen molar-refractivity contribution < 1.29 is 9.85 Å². The third kappa shape index (κ3) is 1.09. The summed E-state index contributed by atoms with van der Waals surface area (Å²) in [7, 11) is 1.96. The second-order valence-electron chi connectivity index (χ2n) is 4.62. The molecule has 64 valence electrons. The van der Waals surface area contributed by atoms with E-state index in [-0.39, 0.29) is 0 Å². The normalized spacial score (nSPS) is 56.5. The van der Waals surface area contributed by atoms with Gasteiger partial charge in [0.2, 0.25) is 0 Å². The van der Waals surface area contributed by atoms with Crippen LogP contribution in [0.3, 0.4) is 0 Å². The fourth-order valence-electron chi connectivity index (χ4n) is 3.14. The van der Waals surface area contributed by atoms with E-state index in [1.54, 1.807) is 0 Å². The topological polar surface area (TPSA) is 20.2 Å². The molecule has 0 radical (unpaired) electrons. The van der Waals surface area contributed by atoms with E-state index in [1.807, 2.05) is 7.05 Å². The van der Waals surface area contributed by atoms with Crippen LogP contribution < -0.4 is 0 Å². The molecule has 2 saturated heterocycles. The van der Waals surface area contributed by atoms with Crippen molar-refractivity contribution in [2.45, 2.75) is 32.2 Å². The van der Waals surface area contributed by atoms with Gasteiger partial charge >= 0.3 is 0 Å². The number of rotatable bonds is 0. The van der Waals surface area contributed by atoms with Crippen molar-refractivity contribution in [3.05, 3.63) is 0 Å². The van der Waals surface area contributed by atoms with Gasteiger partial charge < -0.3 is 0 Å². The van der Waals surface area contributed by atoms with E-state index in [0.29, 0.717) is 10.7 Å². The number of fused-ring (bicyclic) bond motifs is 3. The lowest BCUT2D eigenvalue weighted by Gasteiger charge is -2.49. The van der Waals surface area contributed by atoms with Crippen molar-refractivity contribution in [2.24, 2.45) is 11.8 Å². The molecule has 0 aromatic rings. The van der Waals surface area contributed by atoms with Crippen molar-refractivity contribution in [2.75, 3.05) is 13.6 Å². The number of hydrogen-bond donors (Lipinski definition) is 1. The Balaban J connectivity index is 2.20. The number of piperidine rings is 2. The molecule has 0 spiro atoms. The molecular formula is C9H18NO+. The zero-order valence-electron chi connectivity index (χ0n) is 7.45. The highest BCUT2D eigenvalue weighted by Crippen LogP contribution is 2.40. The maximum atomic E-state index is 9.97. The molecule has 2 heterocycles. The fourth-order valence-corrected chi connectivity index (χ4v) is 3.14. The molecule has 2 heteroatoms. The summed E-state index contributed by atoms with van der Waals surface area (Å²) in [5.41, 5.74) is 0. The van der Waals surface area contributed by atoms with Gasteiger partial charge in [-0.05, 0) is 12.8 Å². The zero-order chi connectivity index (χ0) is 8.06. The molecule has 2 nitrogen and oxygen atoms in total. The van der Waals surface area contributed by atoms with Gasteiger partial charge in [0.1, 0.15) is 12.6 Å². The maximum absolute atomic E-state index is 9.97. The van der Waals surface area contributed by atoms with Gasteiger partial charge in [-0.1, -0.05) is 6.92 Å². The van der Waals surface area contributed by atoms with E-state index in [1.165, 1.54) is 19.3 Å². The van der Waals surface area contributed by atoms with Gasteiger partial charge in [-0.15, -0.1) is 0 Å². The summed E-state index contributed by atoms with van der Waals surface area (Å²) in [4.78, 5) is 0. The van der Waals surface area contributed by atoms with Gasteiger partial charge in [0, 0.05) is 18.3 Å². The molecule has 4 atom stereocenters. The van der Waals surface area contributed by atoms with Gasteiger partial charge in [-0.2, -0.15) is 4.65 Å². The fraction of sp³-hybridized carbons (Fsp3) is 1.00. The number of hydrogen-bond acceptors (Lipinski definition) is 1. The Morgan fingerprint density at radius 2 is 2.09 bits per heavy atom. The molecule has 0 aromatic heterocycles.